The Bertz CT molecular complexity index is 938. The van der Waals surface area contributed by atoms with Crippen molar-refractivity contribution < 1.29 is 4.79 Å². The number of rotatable bonds is 6. The molecule has 1 unspecified atom stereocenters. The number of hydrogen-bond acceptors (Lipinski definition) is 5. The molecule has 4 rings (SSSR count). The lowest BCUT2D eigenvalue weighted by molar-refractivity contribution is -0.128. The highest BCUT2D eigenvalue weighted by Crippen LogP contribution is 2.29. The molecule has 7 heteroatoms. The van der Waals surface area contributed by atoms with E-state index in [2.05, 4.69) is 23.8 Å². The van der Waals surface area contributed by atoms with Crippen molar-refractivity contribution in [3.63, 3.8) is 0 Å². The van der Waals surface area contributed by atoms with Crippen LogP contribution in [-0.4, -0.2) is 42.1 Å². The molecule has 1 aliphatic rings. The van der Waals surface area contributed by atoms with E-state index >= 15 is 0 Å². The van der Waals surface area contributed by atoms with Crippen molar-refractivity contribution in [2.75, 3.05) is 6.54 Å². The molecule has 144 valence electrons. The van der Waals surface area contributed by atoms with Gasteiger partial charge in [-0.05, 0) is 30.2 Å². The van der Waals surface area contributed by atoms with E-state index in [1.54, 1.807) is 17.1 Å². The standard InChI is InChI=1S/C21H24N6O/c1-15(2)11-18-24-21(27(25-18)19-8-4-6-10-23-19)16-12-20(28)26(13-16)14-17-7-3-5-9-22-17/h3-10,15-16H,11-14H2,1-2H3. The number of likely N-dealkylation sites (tertiary alicyclic amines) is 1. The lowest BCUT2D eigenvalue weighted by atomic mass is 10.1. The van der Waals surface area contributed by atoms with Crippen LogP contribution in [0.3, 0.4) is 0 Å². The van der Waals surface area contributed by atoms with E-state index < -0.39 is 0 Å². The zero-order valence-corrected chi connectivity index (χ0v) is 16.2. The molecule has 0 radical (unpaired) electrons. The van der Waals surface area contributed by atoms with Crippen molar-refractivity contribution in [2.24, 2.45) is 5.92 Å². The SMILES string of the molecule is CC(C)Cc1nc(C2CC(=O)N(Cc3ccccn3)C2)n(-c2ccccn2)n1. The summed E-state index contributed by atoms with van der Waals surface area (Å²) in [5.74, 6) is 2.91. The summed E-state index contributed by atoms with van der Waals surface area (Å²) in [5.41, 5.74) is 0.892. The quantitative estimate of drug-likeness (QED) is 0.661. The topological polar surface area (TPSA) is 76.8 Å². The van der Waals surface area contributed by atoms with Crippen LogP contribution in [0.2, 0.25) is 0 Å². The van der Waals surface area contributed by atoms with Gasteiger partial charge in [0.25, 0.3) is 0 Å². The first-order valence-electron chi connectivity index (χ1n) is 9.65. The number of aromatic nitrogens is 5. The summed E-state index contributed by atoms with van der Waals surface area (Å²) in [5, 5.41) is 4.70. The number of carbonyl (C=O) groups excluding carboxylic acids is 1. The molecule has 7 nitrogen and oxygen atoms in total. The fourth-order valence-corrected chi connectivity index (χ4v) is 3.52. The van der Waals surface area contributed by atoms with Gasteiger partial charge in [0.15, 0.2) is 11.6 Å². The predicted molar refractivity (Wildman–Crippen MR) is 105 cm³/mol. The van der Waals surface area contributed by atoms with Gasteiger partial charge in [-0.15, -0.1) is 5.10 Å². The molecule has 28 heavy (non-hydrogen) atoms. The monoisotopic (exact) mass is 376 g/mol. The minimum atomic E-state index is -0.00775. The molecule has 1 saturated heterocycles. The zero-order chi connectivity index (χ0) is 19.5. The summed E-state index contributed by atoms with van der Waals surface area (Å²) in [6.07, 6.45) is 4.73. The molecule has 4 heterocycles. The van der Waals surface area contributed by atoms with Crippen LogP contribution in [0.4, 0.5) is 0 Å². The average molecular weight is 376 g/mol. The van der Waals surface area contributed by atoms with Gasteiger partial charge in [0.1, 0.15) is 5.82 Å². The molecule has 1 aliphatic heterocycles. The Labute approximate surface area is 164 Å². The second kappa shape index (κ2) is 7.88. The molecule has 1 atom stereocenters. The molecule has 3 aromatic rings. The Hall–Kier alpha value is -3.09. The highest BCUT2D eigenvalue weighted by molar-refractivity contribution is 5.79. The van der Waals surface area contributed by atoms with Gasteiger partial charge < -0.3 is 4.90 Å². The largest absolute Gasteiger partial charge is 0.336 e. The van der Waals surface area contributed by atoms with Crippen LogP contribution in [0.5, 0.6) is 0 Å². The minimum Gasteiger partial charge on any atom is -0.336 e. The lowest BCUT2D eigenvalue weighted by Crippen LogP contribution is -2.25. The lowest BCUT2D eigenvalue weighted by Gasteiger charge is -2.16. The number of nitrogens with zero attached hydrogens (tertiary/aromatic N) is 6. The maximum absolute atomic E-state index is 12.6. The normalized spacial score (nSPS) is 16.9. The van der Waals surface area contributed by atoms with Gasteiger partial charge >= 0.3 is 0 Å². The molecular formula is C21H24N6O. The van der Waals surface area contributed by atoms with Gasteiger partial charge in [-0.2, -0.15) is 4.68 Å². The molecule has 0 bridgehead atoms. The summed E-state index contributed by atoms with van der Waals surface area (Å²) in [4.78, 5) is 28.0. The maximum atomic E-state index is 12.6. The van der Waals surface area contributed by atoms with E-state index in [9.17, 15) is 4.79 Å². The molecule has 3 aromatic heterocycles. The molecule has 0 saturated carbocycles. The van der Waals surface area contributed by atoms with Crippen LogP contribution in [0.25, 0.3) is 5.82 Å². The Morgan fingerprint density at radius 1 is 1.11 bits per heavy atom. The third-order valence-corrected chi connectivity index (χ3v) is 4.79. The van der Waals surface area contributed by atoms with Crippen LogP contribution in [0.15, 0.2) is 48.8 Å². The first-order valence-corrected chi connectivity index (χ1v) is 9.65. The zero-order valence-electron chi connectivity index (χ0n) is 16.2. The fourth-order valence-electron chi connectivity index (χ4n) is 3.52. The van der Waals surface area contributed by atoms with Gasteiger partial charge in [0.05, 0.1) is 12.2 Å². The number of pyridine rings is 2. The summed E-state index contributed by atoms with van der Waals surface area (Å²) < 4.78 is 1.81. The van der Waals surface area contributed by atoms with E-state index in [0.717, 1.165) is 29.6 Å². The summed E-state index contributed by atoms with van der Waals surface area (Å²) in [6.45, 7) is 5.43. The van der Waals surface area contributed by atoms with E-state index in [4.69, 9.17) is 10.1 Å². The Kier molecular flexibility index (Phi) is 5.14. The van der Waals surface area contributed by atoms with Crippen LogP contribution in [0.1, 0.15) is 43.5 Å². The van der Waals surface area contributed by atoms with Gasteiger partial charge in [0.2, 0.25) is 5.91 Å². The smallest absolute Gasteiger partial charge is 0.223 e. The van der Waals surface area contributed by atoms with E-state index in [1.807, 2.05) is 41.3 Å². The maximum Gasteiger partial charge on any atom is 0.223 e. The van der Waals surface area contributed by atoms with Crippen molar-refractivity contribution in [3.8, 4) is 5.82 Å². The van der Waals surface area contributed by atoms with E-state index in [-0.39, 0.29) is 11.8 Å². The summed E-state index contributed by atoms with van der Waals surface area (Å²) >= 11 is 0. The highest BCUT2D eigenvalue weighted by Gasteiger charge is 2.34. The Morgan fingerprint density at radius 2 is 1.89 bits per heavy atom. The van der Waals surface area contributed by atoms with E-state index in [1.165, 1.54) is 0 Å². The first-order chi connectivity index (χ1) is 13.6. The molecule has 0 spiro atoms. The van der Waals surface area contributed by atoms with Gasteiger partial charge in [-0.25, -0.2) is 9.97 Å². The molecule has 1 fully saturated rings. The first kappa shape index (κ1) is 18.3. The molecule has 0 N–H and O–H groups in total. The summed E-state index contributed by atoms with van der Waals surface area (Å²) in [6, 6.07) is 11.5. The second-order valence-electron chi connectivity index (χ2n) is 7.58. The number of hydrogen-bond donors (Lipinski definition) is 0. The van der Waals surface area contributed by atoms with Gasteiger partial charge in [-0.1, -0.05) is 26.0 Å². The molecule has 0 aliphatic carbocycles. The second-order valence-corrected chi connectivity index (χ2v) is 7.58. The van der Waals surface area contributed by atoms with Crippen molar-refractivity contribution >= 4 is 5.91 Å². The van der Waals surface area contributed by atoms with Crippen LogP contribution in [0, 0.1) is 5.92 Å². The predicted octanol–water partition coefficient (Wildman–Crippen LogP) is 2.77. The van der Waals surface area contributed by atoms with Crippen molar-refractivity contribution in [2.45, 2.75) is 39.2 Å². The van der Waals surface area contributed by atoms with Crippen LogP contribution < -0.4 is 0 Å². The molecule has 1 amide bonds. The third-order valence-electron chi connectivity index (χ3n) is 4.79. The fraction of sp³-hybridized carbons (Fsp3) is 0.381. The average Bonchev–Trinajstić information content (AvgIpc) is 3.26. The molecular weight excluding hydrogens is 352 g/mol. The Morgan fingerprint density at radius 3 is 2.57 bits per heavy atom. The van der Waals surface area contributed by atoms with Crippen LogP contribution in [-0.2, 0) is 17.8 Å². The third kappa shape index (κ3) is 3.93. The van der Waals surface area contributed by atoms with Gasteiger partial charge in [0, 0.05) is 37.7 Å². The summed E-state index contributed by atoms with van der Waals surface area (Å²) in [7, 11) is 0. The van der Waals surface area contributed by atoms with E-state index in [0.29, 0.717) is 25.4 Å². The molecule has 0 aromatic carbocycles. The Balaban J connectivity index is 1.61. The van der Waals surface area contributed by atoms with Crippen molar-refractivity contribution in [1.82, 2.24) is 29.6 Å². The van der Waals surface area contributed by atoms with Crippen molar-refractivity contribution in [3.05, 3.63) is 66.1 Å². The minimum absolute atomic E-state index is 0.00775. The van der Waals surface area contributed by atoms with Gasteiger partial charge in [-0.3, -0.25) is 9.78 Å². The van der Waals surface area contributed by atoms with Crippen molar-refractivity contribution in [1.29, 1.82) is 0 Å². The highest BCUT2D eigenvalue weighted by atomic mass is 16.2. The number of amides is 1. The van der Waals surface area contributed by atoms with Crippen LogP contribution >= 0.6 is 0 Å². The number of carbonyl (C=O) groups is 1.